The Kier molecular flexibility index (Phi) is 5.05. The molecule has 1 unspecified atom stereocenters. The summed E-state index contributed by atoms with van der Waals surface area (Å²) in [6.45, 7) is 3.78. The van der Waals surface area contributed by atoms with Crippen molar-refractivity contribution in [3.8, 4) is 0 Å². The molecular formula is C13H15F4NO. The fraction of sp³-hybridized carbons (Fsp3) is 0.462. The first-order valence-corrected chi connectivity index (χ1v) is 5.89. The van der Waals surface area contributed by atoms with Crippen LogP contribution in [0.2, 0.25) is 0 Å². The number of rotatable bonds is 5. The van der Waals surface area contributed by atoms with Crippen LogP contribution in [0, 0.1) is 5.82 Å². The van der Waals surface area contributed by atoms with Crippen LogP contribution < -0.4 is 5.32 Å². The Bertz CT molecular complexity index is 456. The maximum absolute atomic E-state index is 13.3. The Morgan fingerprint density at radius 1 is 1.37 bits per heavy atom. The summed E-state index contributed by atoms with van der Waals surface area (Å²) < 4.78 is 50.3. The number of halogens is 4. The average molecular weight is 277 g/mol. The Hall–Kier alpha value is -1.43. The van der Waals surface area contributed by atoms with E-state index in [2.05, 4.69) is 5.32 Å². The lowest BCUT2D eigenvalue weighted by molar-refractivity contribution is -0.140. The van der Waals surface area contributed by atoms with E-state index in [1.54, 1.807) is 0 Å². The molecule has 0 radical (unpaired) electrons. The fourth-order valence-corrected chi connectivity index (χ4v) is 1.43. The number of benzene rings is 1. The topological polar surface area (TPSA) is 29.1 Å². The van der Waals surface area contributed by atoms with E-state index in [1.165, 1.54) is 0 Å². The number of Topliss-reactive ketones (excluding diaryl/α,β-unsaturated/α-hetero) is 1. The Balaban J connectivity index is 2.81. The standard InChI is InChI=1S/C13H15F4NO/c1-3-8(2)18-7-12(19)9-4-5-10(11(14)6-9)13(15,16)17/h4-6,8,18H,3,7H2,1-2H3. The molecule has 6 heteroatoms. The first-order chi connectivity index (χ1) is 8.75. The fourth-order valence-electron chi connectivity index (χ4n) is 1.43. The summed E-state index contributed by atoms with van der Waals surface area (Å²) in [7, 11) is 0. The summed E-state index contributed by atoms with van der Waals surface area (Å²) in [5, 5.41) is 2.90. The lowest BCUT2D eigenvalue weighted by Gasteiger charge is -2.11. The molecule has 0 spiro atoms. The number of alkyl halides is 3. The third-order valence-corrected chi connectivity index (χ3v) is 2.82. The van der Waals surface area contributed by atoms with Gasteiger partial charge >= 0.3 is 6.18 Å². The molecule has 1 aromatic rings. The number of ketones is 1. The molecule has 0 saturated heterocycles. The Morgan fingerprint density at radius 3 is 2.47 bits per heavy atom. The maximum atomic E-state index is 13.3. The predicted octanol–water partition coefficient (Wildman–Crippen LogP) is 3.42. The minimum atomic E-state index is -4.75. The van der Waals surface area contributed by atoms with E-state index in [1.807, 2.05) is 13.8 Å². The third-order valence-electron chi connectivity index (χ3n) is 2.82. The molecule has 0 bridgehead atoms. The largest absolute Gasteiger partial charge is 0.419 e. The van der Waals surface area contributed by atoms with Crippen molar-refractivity contribution >= 4 is 5.78 Å². The van der Waals surface area contributed by atoms with Crippen molar-refractivity contribution in [2.24, 2.45) is 0 Å². The number of hydrogen-bond donors (Lipinski definition) is 1. The zero-order chi connectivity index (χ0) is 14.6. The van der Waals surface area contributed by atoms with Crippen LogP contribution in [0.25, 0.3) is 0 Å². The molecule has 1 aromatic carbocycles. The van der Waals surface area contributed by atoms with Crippen molar-refractivity contribution in [3.63, 3.8) is 0 Å². The van der Waals surface area contributed by atoms with Crippen LogP contribution in [-0.4, -0.2) is 18.4 Å². The summed E-state index contributed by atoms with van der Waals surface area (Å²) in [6, 6.07) is 2.32. The lowest BCUT2D eigenvalue weighted by Crippen LogP contribution is -2.31. The molecule has 1 N–H and O–H groups in total. The summed E-state index contributed by atoms with van der Waals surface area (Å²) >= 11 is 0. The van der Waals surface area contributed by atoms with Gasteiger partial charge in [-0.15, -0.1) is 0 Å². The molecule has 1 atom stereocenters. The van der Waals surface area contributed by atoms with Gasteiger partial charge in [0.2, 0.25) is 0 Å². The van der Waals surface area contributed by atoms with Gasteiger partial charge in [-0.1, -0.05) is 13.0 Å². The molecule has 0 amide bonds. The van der Waals surface area contributed by atoms with Crippen LogP contribution in [-0.2, 0) is 6.18 Å². The van der Waals surface area contributed by atoms with Crippen molar-refractivity contribution in [1.29, 1.82) is 0 Å². The van der Waals surface area contributed by atoms with Crippen molar-refractivity contribution in [1.82, 2.24) is 5.32 Å². The van der Waals surface area contributed by atoms with Gasteiger partial charge < -0.3 is 5.32 Å². The molecule has 1 rings (SSSR count). The van der Waals surface area contributed by atoms with Gasteiger partial charge in [0.05, 0.1) is 12.1 Å². The number of carbonyl (C=O) groups is 1. The highest BCUT2D eigenvalue weighted by atomic mass is 19.4. The molecular weight excluding hydrogens is 262 g/mol. The predicted molar refractivity (Wildman–Crippen MR) is 63.5 cm³/mol. The van der Waals surface area contributed by atoms with Crippen molar-refractivity contribution in [2.45, 2.75) is 32.5 Å². The molecule has 0 heterocycles. The SMILES string of the molecule is CCC(C)NCC(=O)c1ccc(C(F)(F)F)c(F)c1. The van der Waals surface area contributed by atoms with Gasteiger partial charge in [0.1, 0.15) is 5.82 Å². The highest BCUT2D eigenvalue weighted by Gasteiger charge is 2.34. The van der Waals surface area contributed by atoms with Gasteiger partial charge in [0.25, 0.3) is 0 Å². The van der Waals surface area contributed by atoms with Crippen molar-refractivity contribution < 1.29 is 22.4 Å². The van der Waals surface area contributed by atoms with E-state index < -0.39 is 23.3 Å². The number of carbonyl (C=O) groups excluding carboxylic acids is 1. The lowest BCUT2D eigenvalue weighted by atomic mass is 10.1. The first kappa shape index (κ1) is 15.6. The van der Waals surface area contributed by atoms with Gasteiger partial charge in [-0.3, -0.25) is 4.79 Å². The van der Waals surface area contributed by atoms with Gasteiger partial charge in [-0.2, -0.15) is 13.2 Å². The van der Waals surface area contributed by atoms with Crippen LogP contribution in [0.3, 0.4) is 0 Å². The molecule has 0 aliphatic rings. The summed E-state index contributed by atoms with van der Waals surface area (Å²) in [4.78, 5) is 11.7. The molecule has 0 fully saturated rings. The second-order valence-corrected chi connectivity index (χ2v) is 4.31. The third kappa shape index (κ3) is 4.31. The van der Waals surface area contributed by atoms with E-state index in [-0.39, 0.29) is 18.2 Å². The number of nitrogens with one attached hydrogen (secondary N) is 1. The molecule has 0 aliphatic carbocycles. The van der Waals surface area contributed by atoms with Crippen LogP contribution in [0.1, 0.15) is 36.2 Å². The van der Waals surface area contributed by atoms with Gasteiger partial charge in [-0.25, -0.2) is 4.39 Å². The van der Waals surface area contributed by atoms with E-state index >= 15 is 0 Å². The summed E-state index contributed by atoms with van der Waals surface area (Å²) in [5.41, 5.74) is -1.43. The van der Waals surface area contributed by atoms with E-state index in [0.29, 0.717) is 12.1 Å². The number of hydrogen-bond acceptors (Lipinski definition) is 2. The highest BCUT2D eigenvalue weighted by Crippen LogP contribution is 2.31. The van der Waals surface area contributed by atoms with E-state index in [0.717, 1.165) is 12.5 Å². The zero-order valence-electron chi connectivity index (χ0n) is 10.6. The maximum Gasteiger partial charge on any atom is 0.419 e. The summed E-state index contributed by atoms with van der Waals surface area (Å²) in [6.07, 6.45) is -3.94. The van der Waals surface area contributed by atoms with Crippen LogP contribution in [0.5, 0.6) is 0 Å². The van der Waals surface area contributed by atoms with Crippen LogP contribution >= 0.6 is 0 Å². The molecule has 106 valence electrons. The monoisotopic (exact) mass is 277 g/mol. The molecule has 0 aromatic heterocycles. The van der Waals surface area contributed by atoms with Crippen LogP contribution in [0.4, 0.5) is 17.6 Å². The normalized spacial score (nSPS) is 13.4. The van der Waals surface area contributed by atoms with Gasteiger partial charge in [-0.05, 0) is 25.5 Å². The molecule has 2 nitrogen and oxygen atoms in total. The minimum Gasteiger partial charge on any atom is -0.307 e. The Morgan fingerprint density at radius 2 is 2.00 bits per heavy atom. The molecule has 0 aliphatic heterocycles. The highest BCUT2D eigenvalue weighted by molar-refractivity contribution is 5.97. The van der Waals surface area contributed by atoms with Crippen molar-refractivity contribution in [2.75, 3.05) is 6.54 Å². The van der Waals surface area contributed by atoms with E-state index in [4.69, 9.17) is 0 Å². The first-order valence-electron chi connectivity index (χ1n) is 5.89. The quantitative estimate of drug-likeness (QED) is 0.660. The minimum absolute atomic E-state index is 0.0280. The summed E-state index contributed by atoms with van der Waals surface area (Å²) in [5.74, 6) is -1.87. The zero-order valence-corrected chi connectivity index (χ0v) is 10.6. The molecule has 19 heavy (non-hydrogen) atoms. The second kappa shape index (κ2) is 6.14. The van der Waals surface area contributed by atoms with E-state index in [9.17, 15) is 22.4 Å². The molecule has 0 saturated carbocycles. The van der Waals surface area contributed by atoms with Crippen molar-refractivity contribution in [3.05, 3.63) is 35.1 Å². The van der Waals surface area contributed by atoms with Crippen LogP contribution in [0.15, 0.2) is 18.2 Å². The van der Waals surface area contributed by atoms with Gasteiger partial charge in [0, 0.05) is 11.6 Å². The smallest absolute Gasteiger partial charge is 0.307 e. The Labute approximate surface area is 108 Å². The second-order valence-electron chi connectivity index (χ2n) is 4.31. The van der Waals surface area contributed by atoms with Gasteiger partial charge in [0.15, 0.2) is 5.78 Å². The average Bonchev–Trinajstić information content (AvgIpc) is 2.33.